The predicted octanol–water partition coefficient (Wildman–Crippen LogP) is 4.61. The number of nitriles is 1. The molecule has 0 saturated heterocycles. The maximum absolute atomic E-state index is 15.4. The highest BCUT2D eigenvalue weighted by Crippen LogP contribution is 2.44. The van der Waals surface area contributed by atoms with Gasteiger partial charge in [-0.05, 0) is 37.0 Å². The van der Waals surface area contributed by atoms with E-state index in [9.17, 15) is 18.4 Å². The van der Waals surface area contributed by atoms with E-state index in [2.05, 4.69) is 21.0 Å². The average molecular weight is 489 g/mol. The summed E-state index contributed by atoms with van der Waals surface area (Å²) in [5.41, 5.74) is 7.98. The van der Waals surface area contributed by atoms with Gasteiger partial charge < -0.3 is 15.6 Å². The maximum Gasteiger partial charge on any atom is 0.490 e. The Bertz CT molecular complexity index is 1240. The summed E-state index contributed by atoms with van der Waals surface area (Å²) in [5, 5.41) is 16.4. The number of aliphatic carboxylic acids is 1. The van der Waals surface area contributed by atoms with E-state index in [0.717, 1.165) is 24.8 Å². The molecule has 1 aromatic carbocycles. The summed E-state index contributed by atoms with van der Waals surface area (Å²) in [6, 6.07) is 9.02. The molecule has 0 unspecified atom stereocenters. The first-order chi connectivity index (χ1) is 16.6. The number of nitrogens with two attached hydrogens (primary N) is 1. The second kappa shape index (κ2) is 10.8. The normalized spacial score (nSPS) is 13.1. The summed E-state index contributed by atoms with van der Waals surface area (Å²) >= 11 is 0. The number of carboxylic acid groups (broad SMARTS) is 1. The minimum Gasteiger partial charge on any atom is -0.484 e. The Labute approximate surface area is 197 Å². The molecule has 2 aromatic heterocycles. The van der Waals surface area contributed by atoms with Crippen LogP contribution in [0.1, 0.15) is 42.0 Å². The van der Waals surface area contributed by atoms with Crippen LogP contribution in [0.15, 0.2) is 42.9 Å². The highest BCUT2D eigenvalue weighted by atomic mass is 19.4. The van der Waals surface area contributed by atoms with Crippen molar-refractivity contribution in [3.05, 3.63) is 65.5 Å². The van der Waals surface area contributed by atoms with Gasteiger partial charge >= 0.3 is 12.1 Å². The smallest absolute Gasteiger partial charge is 0.484 e. The van der Waals surface area contributed by atoms with E-state index in [-0.39, 0.29) is 24.1 Å². The van der Waals surface area contributed by atoms with Gasteiger partial charge in [-0.2, -0.15) is 18.4 Å². The Balaban J connectivity index is 0.000000429. The number of pyridine rings is 1. The molecule has 1 aliphatic rings. The molecular weight excluding hydrogens is 470 g/mol. The monoisotopic (exact) mass is 489 g/mol. The molecule has 182 valence electrons. The van der Waals surface area contributed by atoms with Gasteiger partial charge in [-0.25, -0.2) is 14.2 Å². The number of carboxylic acids is 1. The number of nitrogens with zero attached hydrogens (tertiary/aromatic N) is 4. The number of carbonyl (C=O) groups is 1. The summed E-state index contributed by atoms with van der Waals surface area (Å²) in [5.74, 6) is -2.51. The number of hydrogen-bond donors (Lipinski definition) is 2. The molecule has 35 heavy (non-hydrogen) atoms. The minimum atomic E-state index is -5.08. The fourth-order valence-electron chi connectivity index (χ4n) is 3.23. The van der Waals surface area contributed by atoms with Crippen molar-refractivity contribution in [1.29, 1.82) is 5.26 Å². The van der Waals surface area contributed by atoms with Crippen molar-refractivity contribution in [2.24, 2.45) is 0 Å². The standard InChI is InChI=1S/C21H18FN5O.C2HF3O2/c22-20-16(17-10-27-19(24)11-26-17)7-6-15(13-3-1-4-13)21(20)28-12-18-14(9-23)5-2-8-25-18;3-2(4,5)1(6)7/h2,5-8,10-11,13H,1,3-4,12H2,(H2,24,27);(H,6,7). The Morgan fingerprint density at radius 3 is 2.46 bits per heavy atom. The van der Waals surface area contributed by atoms with E-state index in [0.29, 0.717) is 22.5 Å². The van der Waals surface area contributed by atoms with Crippen molar-refractivity contribution in [1.82, 2.24) is 15.0 Å². The van der Waals surface area contributed by atoms with Crippen LogP contribution in [-0.2, 0) is 11.4 Å². The highest BCUT2D eigenvalue weighted by molar-refractivity contribution is 5.73. The fraction of sp³-hybridized carbons (Fsp3) is 0.261. The molecule has 1 saturated carbocycles. The quantitative estimate of drug-likeness (QED) is 0.496. The third-order valence-electron chi connectivity index (χ3n) is 5.23. The molecule has 0 spiro atoms. The van der Waals surface area contributed by atoms with Gasteiger partial charge in [0, 0.05) is 17.3 Å². The molecule has 0 radical (unpaired) electrons. The molecule has 0 amide bonds. The SMILES string of the molecule is N#Cc1cccnc1COc1c(C2CCC2)ccc(-c2cnc(N)cn2)c1F.O=C(O)C(F)(F)F. The van der Waals surface area contributed by atoms with Crippen molar-refractivity contribution in [2.75, 3.05) is 5.73 Å². The van der Waals surface area contributed by atoms with Gasteiger partial charge in [0.15, 0.2) is 11.6 Å². The fourth-order valence-corrected chi connectivity index (χ4v) is 3.23. The molecule has 1 fully saturated rings. The summed E-state index contributed by atoms with van der Waals surface area (Å²) in [6.07, 6.45) is 2.46. The number of nitrogen functional groups attached to an aromatic ring is 1. The lowest BCUT2D eigenvalue weighted by Gasteiger charge is -2.28. The van der Waals surface area contributed by atoms with Crippen LogP contribution >= 0.6 is 0 Å². The first-order valence-electron chi connectivity index (χ1n) is 10.3. The van der Waals surface area contributed by atoms with Crippen LogP contribution in [0.3, 0.4) is 0 Å². The Morgan fingerprint density at radius 2 is 1.91 bits per heavy atom. The molecular formula is C23H19F4N5O3. The number of aromatic nitrogens is 3. The van der Waals surface area contributed by atoms with Gasteiger partial charge in [0.05, 0.1) is 29.3 Å². The van der Waals surface area contributed by atoms with Gasteiger partial charge in [-0.3, -0.25) is 9.97 Å². The summed E-state index contributed by atoms with van der Waals surface area (Å²) in [6.45, 7) is 0.0112. The molecule has 8 nitrogen and oxygen atoms in total. The zero-order chi connectivity index (χ0) is 25.6. The van der Waals surface area contributed by atoms with Crippen molar-refractivity contribution >= 4 is 11.8 Å². The maximum atomic E-state index is 15.4. The second-order valence-corrected chi connectivity index (χ2v) is 7.50. The van der Waals surface area contributed by atoms with Crippen LogP contribution in [0, 0.1) is 17.1 Å². The Hall–Kier alpha value is -4.27. The summed E-state index contributed by atoms with van der Waals surface area (Å²) in [7, 11) is 0. The van der Waals surface area contributed by atoms with Gasteiger partial charge in [0.2, 0.25) is 0 Å². The van der Waals surface area contributed by atoms with Crippen LogP contribution in [-0.4, -0.2) is 32.2 Å². The highest BCUT2D eigenvalue weighted by Gasteiger charge is 2.38. The van der Waals surface area contributed by atoms with Crippen molar-refractivity contribution < 1.29 is 32.2 Å². The molecule has 4 rings (SSSR count). The molecule has 1 aliphatic carbocycles. The molecule has 2 heterocycles. The summed E-state index contributed by atoms with van der Waals surface area (Å²) < 4.78 is 53.0. The zero-order valence-electron chi connectivity index (χ0n) is 18.1. The minimum absolute atomic E-state index is 0.0112. The summed E-state index contributed by atoms with van der Waals surface area (Å²) in [4.78, 5) is 21.2. The van der Waals surface area contributed by atoms with E-state index in [1.165, 1.54) is 12.4 Å². The number of alkyl halides is 3. The van der Waals surface area contributed by atoms with E-state index in [1.54, 1.807) is 24.4 Å². The van der Waals surface area contributed by atoms with Crippen molar-refractivity contribution in [3.63, 3.8) is 0 Å². The third-order valence-corrected chi connectivity index (χ3v) is 5.23. The Morgan fingerprint density at radius 1 is 1.20 bits per heavy atom. The molecule has 0 aliphatic heterocycles. The van der Waals surface area contributed by atoms with Gasteiger partial charge in [0.1, 0.15) is 18.5 Å². The van der Waals surface area contributed by atoms with Gasteiger partial charge in [-0.15, -0.1) is 0 Å². The van der Waals surface area contributed by atoms with E-state index in [1.807, 2.05) is 6.07 Å². The van der Waals surface area contributed by atoms with E-state index in [4.69, 9.17) is 20.4 Å². The van der Waals surface area contributed by atoms with Crippen molar-refractivity contribution in [3.8, 4) is 23.1 Å². The molecule has 0 bridgehead atoms. The number of halogens is 4. The van der Waals surface area contributed by atoms with Crippen LogP contribution in [0.2, 0.25) is 0 Å². The molecule has 0 atom stereocenters. The number of rotatable bonds is 5. The third kappa shape index (κ3) is 6.20. The number of anilines is 1. The lowest BCUT2D eigenvalue weighted by Crippen LogP contribution is -2.21. The lowest BCUT2D eigenvalue weighted by atomic mass is 9.79. The van der Waals surface area contributed by atoms with Crippen LogP contribution in [0.4, 0.5) is 23.4 Å². The number of benzene rings is 1. The zero-order valence-corrected chi connectivity index (χ0v) is 18.1. The largest absolute Gasteiger partial charge is 0.490 e. The van der Waals surface area contributed by atoms with Crippen molar-refractivity contribution in [2.45, 2.75) is 38.0 Å². The number of ether oxygens (including phenoxy) is 1. The predicted molar refractivity (Wildman–Crippen MR) is 115 cm³/mol. The van der Waals surface area contributed by atoms with Gasteiger partial charge in [0.25, 0.3) is 0 Å². The van der Waals surface area contributed by atoms with Gasteiger partial charge in [-0.1, -0.05) is 12.5 Å². The molecule has 3 aromatic rings. The topological polar surface area (TPSA) is 135 Å². The number of hydrogen-bond acceptors (Lipinski definition) is 7. The molecule has 12 heteroatoms. The van der Waals surface area contributed by atoms with Crippen LogP contribution in [0.25, 0.3) is 11.3 Å². The second-order valence-electron chi connectivity index (χ2n) is 7.50. The first-order valence-corrected chi connectivity index (χ1v) is 10.3. The van der Waals surface area contributed by atoms with Crippen LogP contribution in [0.5, 0.6) is 5.75 Å². The van der Waals surface area contributed by atoms with E-state index < -0.39 is 18.0 Å². The Kier molecular flexibility index (Phi) is 7.80. The average Bonchev–Trinajstić information content (AvgIpc) is 2.78. The molecule has 3 N–H and O–H groups in total. The van der Waals surface area contributed by atoms with E-state index >= 15 is 4.39 Å². The lowest BCUT2D eigenvalue weighted by molar-refractivity contribution is -0.192. The van der Waals surface area contributed by atoms with Crippen LogP contribution < -0.4 is 10.5 Å². The first kappa shape index (κ1) is 25.4.